The second-order valence-corrected chi connectivity index (χ2v) is 7.08. The fraction of sp³-hybridized carbons (Fsp3) is 0.409. The van der Waals surface area contributed by atoms with Gasteiger partial charge in [0, 0.05) is 36.8 Å². The minimum absolute atomic E-state index is 0.0482. The van der Waals surface area contributed by atoms with Crippen molar-refractivity contribution in [1.82, 2.24) is 9.88 Å². The number of rotatable bonds is 7. The number of pyridine rings is 1. The van der Waals surface area contributed by atoms with Crippen LogP contribution in [0.5, 0.6) is 0 Å². The first-order valence-corrected chi connectivity index (χ1v) is 9.11. The molecule has 1 aromatic heterocycles. The number of hydrogen-bond acceptors (Lipinski definition) is 3. The zero-order chi connectivity index (χ0) is 19.1. The Bertz CT molecular complexity index is 727. The summed E-state index contributed by atoms with van der Waals surface area (Å²) in [6.45, 7) is 8.11. The maximum absolute atomic E-state index is 13.6. The van der Waals surface area contributed by atoms with Crippen LogP contribution in [-0.4, -0.2) is 27.9 Å². The molecule has 136 valence electrons. The molecule has 4 heteroatoms. The van der Waals surface area contributed by atoms with Crippen molar-refractivity contribution in [3.63, 3.8) is 0 Å². The number of aromatic nitrogens is 1. The standard InChI is InChI=1S/C22H27N3O/c1-16(2)25(17(3)4)22(26)21(19-11-8-14-24-15-19)20(12-13-23)18-9-6-5-7-10-18/h5-11,14-17,20-21H,12H2,1-4H3. The Morgan fingerprint density at radius 2 is 1.65 bits per heavy atom. The molecule has 2 atom stereocenters. The fourth-order valence-electron chi connectivity index (χ4n) is 3.60. The molecule has 0 spiro atoms. The zero-order valence-electron chi connectivity index (χ0n) is 16.0. The monoisotopic (exact) mass is 349 g/mol. The zero-order valence-corrected chi connectivity index (χ0v) is 16.0. The van der Waals surface area contributed by atoms with E-state index < -0.39 is 5.92 Å². The SMILES string of the molecule is CC(C)N(C(=O)C(c1cccnc1)C(CC#N)c1ccccc1)C(C)C. The van der Waals surface area contributed by atoms with Gasteiger partial charge in [-0.1, -0.05) is 36.4 Å². The van der Waals surface area contributed by atoms with Gasteiger partial charge in [-0.3, -0.25) is 9.78 Å². The van der Waals surface area contributed by atoms with Crippen LogP contribution in [0.1, 0.15) is 57.1 Å². The molecule has 0 saturated heterocycles. The van der Waals surface area contributed by atoms with E-state index >= 15 is 0 Å². The molecule has 26 heavy (non-hydrogen) atoms. The van der Waals surface area contributed by atoms with Crippen molar-refractivity contribution in [2.24, 2.45) is 0 Å². The lowest BCUT2D eigenvalue weighted by atomic mass is 9.79. The third kappa shape index (κ3) is 4.49. The van der Waals surface area contributed by atoms with Gasteiger partial charge in [0.2, 0.25) is 5.91 Å². The molecule has 1 amide bonds. The quantitative estimate of drug-likeness (QED) is 0.739. The van der Waals surface area contributed by atoms with Gasteiger partial charge in [0.25, 0.3) is 0 Å². The Labute approximate surface area is 156 Å². The van der Waals surface area contributed by atoms with E-state index in [4.69, 9.17) is 0 Å². The van der Waals surface area contributed by atoms with Gasteiger partial charge in [0.15, 0.2) is 0 Å². The number of benzene rings is 1. The number of amides is 1. The van der Waals surface area contributed by atoms with Crippen molar-refractivity contribution >= 4 is 5.91 Å². The molecule has 0 N–H and O–H groups in total. The van der Waals surface area contributed by atoms with Crippen molar-refractivity contribution in [3.8, 4) is 6.07 Å². The largest absolute Gasteiger partial charge is 0.337 e. The van der Waals surface area contributed by atoms with E-state index in [-0.39, 0.29) is 30.3 Å². The number of hydrogen-bond donors (Lipinski definition) is 0. The second kappa shape index (κ2) is 9.15. The predicted molar refractivity (Wildman–Crippen MR) is 104 cm³/mol. The summed E-state index contributed by atoms with van der Waals surface area (Å²) in [4.78, 5) is 19.7. The molecular formula is C22H27N3O. The van der Waals surface area contributed by atoms with E-state index in [9.17, 15) is 10.1 Å². The van der Waals surface area contributed by atoms with Gasteiger partial charge >= 0.3 is 0 Å². The molecule has 2 aromatic rings. The lowest BCUT2D eigenvalue weighted by molar-refractivity contribution is -0.137. The van der Waals surface area contributed by atoms with Crippen molar-refractivity contribution in [2.75, 3.05) is 0 Å². The molecule has 0 radical (unpaired) electrons. The minimum Gasteiger partial charge on any atom is -0.337 e. The van der Waals surface area contributed by atoms with Gasteiger partial charge in [-0.2, -0.15) is 5.26 Å². The number of carbonyl (C=O) groups is 1. The second-order valence-electron chi connectivity index (χ2n) is 7.08. The molecule has 0 bridgehead atoms. The van der Waals surface area contributed by atoms with Gasteiger partial charge in [-0.05, 0) is 44.9 Å². The van der Waals surface area contributed by atoms with Crippen LogP contribution in [0.4, 0.5) is 0 Å². The minimum atomic E-state index is -0.435. The van der Waals surface area contributed by atoms with Crippen LogP contribution in [0.2, 0.25) is 0 Å². The van der Waals surface area contributed by atoms with Crippen LogP contribution < -0.4 is 0 Å². The Kier molecular flexibility index (Phi) is 6.91. The van der Waals surface area contributed by atoms with Crippen molar-refractivity contribution in [3.05, 3.63) is 66.0 Å². The summed E-state index contributed by atoms with van der Waals surface area (Å²) in [7, 11) is 0. The average Bonchev–Trinajstić information content (AvgIpc) is 2.62. The highest BCUT2D eigenvalue weighted by molar-refractivity contribution is 5.85. The van der Waals surface area contributed by atoms with Gasteiger partial charge in [0.1, 0.15) is 0 Å². The van der Waals surface area contributed by atoms with Crippen LogP contribution in [0, 0.1) is 11.3 Å². The Balaban J connectivity index is 2.56. The Morgan fingerprint density at radius 1 is 1.04 bits per heavy atom. The molecule has 0 fully saturated rings. The molecule has 2 rings (SSSR count). The van der Waals surface area contributed by atoms with Gasteiger partial charge in [-0.25, -0.2) is 0 Å². The summed E-state index contributed by atoms with van der Waals surface area (Å²) in [5.74, 6) is -0.597. The van der Waals surface area contributed by atoms with Gasteiger partial charge in [0.05, 0.1) is 12.0 Å². The predicted octanol–water partition coefficient (Wildman–Crippen LogP) is 4.51. The van der Waals surface area contributed by atoms with E-state index in [2.05, 4.69) is 11.1 Å². The number of carbonyl (C=O) groups excluding carboxylic acids is 1. The van der Waals surface area contributed by atoms with Gasteiger partial charge in [-0.15, -0.1) is 0 Å². The molecule has 1 heterocycles. The lowest BCUT2D eigenvalue weighted by Gasteiger charge is -2.36. The van der Waals surface area contributed by atoms with Crippen LogP contribution >= 0.6 is 0 Å². The smallest absolute Gasteiger partial charge is 0.231 e. The van der Waals surface area contributed by atoms with E-state index in [1.807, 2.05) is 75.1 Å². The fourth-order valence-corrected chi connectivity index (χ4v) is 3.60. The van der Waals surface area contributed by atoms with Crippen LogP contribution in [-0.2, 0) is 4.79 Å². The molecule has 0 aliphatic rings. The number of nitrogens with zero attached hydrogens (tertiary/aromatic N) is 3. The maximum Gasteiger partial charge on any atom is 0.231 e. The molecule has 0 aliphatic carbocycles. The van der Waals surface area contributed by atoms with Crippen molar-refractivity contribution in [1.29, 1.82) is 5.26 Å². The first-order chi connectivity index (χ1) is 12.5. The highest BCUT2D eigenvalue weighted by Gasteiger charge is 2.36. The summed E-state index contributed by atoms with van der Waals surface area (Å²) in [5.41, 5.74) is 1.86. The first kappa shape index (κ1) is 19.7. The van der Waals surface area contributed by atoms with E-state index in [0.29, 0.717) is 0 Å². The van der Waals surface area contributed by atoms with Crippen LogP contribution in [0.3, 0.4) is 0 Å². The topological polar surface area (TPSA) is 57.0 Å². The summed E-state index contributed by atoms with van der Waals surface area (Å²) >= 11 is 0. The lowest BCUT2D eigenvalue weighted by Crippen LogP contribution is -2.45. The molecule has 4 nitrogen and oxygen atoms in total. The molecule has 1 aromatic carbocycles. The molecule has 2 unspecified atom stereocenters. The third-order valence-electron chi connectivity index (χ3n) is 4.62. The first-order valence-electron chi connectivity index (χ1n) is 9.11. The summed E-state index contributed by atoms with van der Waals surface area (Å²) in [6.07, 6.45) is 3.73. The number of nitriles is 1. The van der Waals surface area contributed by atoms with Gasteiger partial charge < -0.3 is 4.90 Å². The summed E-state index contributed by atoms with van der Waals surface area (Å²) < 4.78 is 0. The molecule has 0 saturated carbocycles. The highest BCUT2D eigenvalue weighted by Crippen LogP contribution is 2.37. The highest BCUT2D eigenvalue weighted by atomic mass is 16.2. The molecule has 0 aliphatic heterocycles. The van der Waals surface area contributed by atoms with Crippen LogP contribution in [0.25, 0.3) is 0 Å². The van der Waals surface area contributed by atoms with Crippen molar-refractivity contribution in [2.45, 2.75) is 58.0 Å². The summed E-state index contributed by atoms with van der Waals surface area (Å²) in [5, 5.41) is 9.44. The van der Waals surface area contributed by atoms with E-state index in [1.165, 1.54) is 0 Å². The average molecular weight is 349 g/mol. The van der Waals surface area contributed by atoms with Crippen molar-refractivity contribution < 1.29 is 4.79 Å². The maximum atomic E-state index is 13.6. The van der Waals surface area contributed by atoms with E-state index in [0.717, 1.165) is 11.1 Å². The van der Waals surface area contributed by atoms with Crippen LogP contribution in [0.15, 0.2) is 54.9 Å². The third-order valence-corrected chi connectivity index (χ3v) is 4.62. The Morgan fingerprint density at radius 3 is 2.15 bits per heavy atom. The molecular weight excluding hydrogens is 322 g/mol. The summed E-state index contributed by atoms with van der Waals surface area (Å²) in [6, 6.07) is 16.1. The Hall–Kier alpha value is -2.67. The normalized spacial score (nSPS) is 13.3. The van der Waals surface area contributed by atoms with E-state index in [1.54, 1.807) is 12.4 Å².